The third-order valence-corrected chi connectivity index (χ3v) is 6.99. The van der Waals surface area contributed by atoms with Crippen LogP contribution >= 0.6 is 34.8 Å². The Morgan fingerprint density at radius 1 is 1.14 bits per heavy atom. The Hall–Kier alpha value is -3.20. The van der Waals surface area contributed by atoms with E-state index in [9.17, 15) is 18.0 Å². The second kappa shape index (κ2) is 11.5. The maximum atomic E-state index is 15.2. The van der Waals surface area contributed by atoms with Crippen molar-refractivity contribution in [1.29, 1.82) is 5.26 Å². The summed E-state index contributed by atoms with van der Waals surface area (Å²) in [5.74, 6) is -2.56. The molecule has 0 aliphatic heterocycles. The van der Waals surface area contributed by atoms with E-state index in [1.807, 2.05) is 6.07 Å². The number of primary sulfonamides is 1. The summed E-state index contributed by atoms with van der Waals surface area (Å²) in [5, 5.41) is 16.3. The van der Waals surface area contributed by atoms with Crippen LogP contribution in [0.4, 0.5) is 10.1 Å². The van der Waals surface area contributed by atoms with Gasteiger partial charge in [0.25, 0.3) is 0 Å². The van der Waals surface area contributed by atoms with E-state index < -0.39 is 49.6 Å². The lowest BCUT2D eigenvalue weighted by Crippen LogP contribution is -2.20. The molecule has 0 radical (unpaired) electrons. The normalized spacial score (nSPS) is 11.1. The lowest BCUT2D eigenvalue weighted by molar-refractivity contribution is -0.115. The Kier molecular flexibility index (Phi) is 8.79. The first-order chi connectivity index (χ1) is 17.3. The minimum absolute atomic E-state index is 0.00217. The zero-order valence-electron chi connectivity index (χ0n) is 18.9. The first kappa shape index (κ1) is 28.4. The first-order valence-corrected chi connectivity index (χ1v) is 13.1. The van der Waals surface area contributed by atoms with Gasteiger partial charge in [-0.15, -0.1) is 0 Å². The number of nitriles is 1. The predicted molar refractivity (Wildman–Crippen MR) is 137 cm³/mol. The van der Waals surface area contributed by atoms with Crippen molar-refractivity contribution in [3.8, 4) is 17.6 Å². The highest BCUT2D eigenvalue weighted by Crippen LogP contribution is 2.36. The fourth-order valence-electron chi connectivity index (χ4n) is 3.32. The quantitative estimate of drug-likeness (QED) is 0.317. The summed E-state index contributed by atoms with van der Waals surface area (Å²) >= 11 is 18.2. The summed E-state index contributed by atoms with van der Waals surface area (Å²) in [6.07, 6.45) is -0.521. The largest absolute Gasteiger partial charge is 0.453 e. The Labute approximate surface area is 226 Å². The van der Waals surface area contributed by atoms with Crippen molar-refractivity contribution in [2.24, 2.45) is 5.14 Å². The molecule has 3 N–H and O–H groups in total. The average molecular weight is 585 g/mol. The van der Waals surface area contributed by atoms with Crippen LogP contribution in [0.15, 0.2) is 47.4 Å². The van der Waals surface area contributed by atoms with Gasteiger partial charge in [-0.2, -0.15) is 5.26 Å². The van der Waals surface area contributed by atoms with Crippen LogP contribution in [0.2, 0.25) is 15.1 Å². The molecule has 0 bridgehead atoms. The van der Waals surface area contributed by atoms with Crippen molar-refractivity contribution in [1.82, 2.24) is 0 Å². The van der Waals surface area contributed by atoms with Gasteiger partial charge < -0.3 is 10.1 Å². The number of hydrogen-bond acceptors (Lipinski definition) is 6. The molecule has 0 aromatic heterocycles. The van der Waals surface area contributed by atoms with E-state index >= 15 is 4.39 Å². The Bertz CT molecular complexity index is 1570. The molecule has 3 aromatic carbocycles. The van der Waals surface area contributed by atoms with Gasteiger partial charge in [-0.25, -0.2) is 17.9 Å². The standard InChI is InChI=1S/C24H17Cl3FN3O5S/c1-2-19(32)16-4-6-18(21(27)24(16)37(30,34)35)31-20(33)9-13-3-5-17(26)23(22(13)28)36-15-8-12(11-29)7-14(25)10-15/h3-8,10H,2,9H2,1H3,(H,31,33)(H2,30,34,35). The number of halogens is 4. The van der Waals surface area contributed by atoms with Crippen molar-refractivity contribution < 1.29 is 27.1 Å². The number of Topliss-reactive ketones (excluding diaryl/α,β-unsaturated/α-hetero) is 1. The molecular weight excluding hydrogens is 568 g/mol. The molecule has 37 heavy (non-hydrogen) atoms. The highest BCUT2D eigenvalue weighted by molar-refractivity contribution is 7.89. The molecule has 0 spiro atoms. The zero-order chi connectivity index (χ0) is 27.5. The molecule has 13 heteroatoms. The van der Waals surface area contributed by atoms with E-state index in [1.54, 1.807) is 0 Å². The van der Waals surface area contributed by atoms with Crippen LogP contribution in [0.25, 0.3) is 0 Å². The average Bonchev–Trinajstić information content (AvgIpc) is 2.83. The van der Waals surface area contributed by atoms with Crippen LogP contribution < -0.4 is 15.2 Å². The minimum atomic E-state index is -4.42. The topological polar surface area (TPSA) is 139 Å². The molecule has 0 saturated carbocycles. The Morgan fingerprint density at radius 3 is 2.46 bits per heavy atom. The van der Waals surface area contributed by atoms with E-state index in [-0.39, 0.29) is 44.6 Å². The van der Waals surface area contributed by atoms with Crippen LogP contribution in [0.3, 0.4) is 0 Å². The fraction of sp³-hybridized carbons (Fsp3) is 0.125. The minimum Gasteiger partial charge on any atom is -0.453 e. The SMILES string of the molecule is CCC(=O)c1ccc(NC(=O)Cc2ccc(Cl)c(Oc3cc(Cl)cc(C#N)c3)c2F)c(Cl)c1S(N)(=O)=O. The number of nitrogens with zero attached hydrogens (tertiary/aromatic N) is 1. The molecule has 3 aromatic rings. The smallest absolute Gasteiger partial charge is 0.240 e. The molecule has 8 nitrogen and oxygen atoms in total. The second-order valence-corrected chi connectivity index (χ2v) is 10.3. The predicted octanol–water partition coefficient (Wildman–Crippen LogP) is 5.87. The van der Waals surface area contributed by atoms with E-state index in [0.717, 1.165) is 0 Å². The number of amides is 1. The third-order valence-electron chi connectivity index (χ3n) is 4.98. The number of ketones is 1. The lowest BCUT2D eigenvalue weighted by Gasteiger charge is -2.15. The molecule has 0 aliphatic carbocycles. The van der Waals surface area contributed by atoms with Gasteiger partial charge >= 0.3 is 0 Å². The van der Waals surface area contributed by atoms with Crippen molar-refractivity contribution in [3.63, 3.8) is 0 Å². The first-order valence-electron chi connectivity index (χ1n) is 10.4. The summed E-state index contributed by atoms with van der Waals surface area (Å²) in [6.45, 7) is 1.53. The van der Waals surface area contributed by atoms with E-state index in [4.69, 9.17) is 49.9 Å². The van der Waals surface area contributed by atoms with Crippen LogP contribution in [0.1, 0.15) is 34.8 Å². The number of rotatable bonds is 8. The lowest BCUT2D eigenvalue weighted by atomic mass is 10.1. The highest BCUT2D eigenvalue weighted by atomic mass is 35.5. The van der Waals surface area contributed by atoms with Crippen molar-refractivity contribution in [2.75, 3.05) is 5.32 Å². The molecule has 0 saturated heterocycles. The molecule has 0 heterocycles. The highest BCUT2D eigenvalue weighted by Gasteiger charge is 2.25. The van der Waals surface area contributed by atoms with Crippen molar-refractivity contribution in [3.05, 3.63) is 80.0 Å². The van der Waals surface area contributed by atoms with Crippen molar-refractivity contribution in [2.45, 2.75) is 24.7 Å². The van der Waals surface area contributed by atoms with Crippen molar-refractivity contribution >= 4 is 62.2 Å². The summed E-state index contributed by atoms with van der Waals surface area (Å²) < 4.78 is 44.9. The Balaban J connectivity index is 1.90. The van der Waals surface area contributed by atoms with Crippen LogP contribution in [0.5, 0.6) is 11.5 Å². The zero-order valence-corrected chi connectivity index (χ0v) is 22.0. The molecule has 0 fully saturated rings. The van der Waals surface area contributed by atoms with Crippen LogP contribution in [-0.2, 0) is 21.2 Å². The Morgan fingerprint density at radius 2 is 1.84 bits per heavy atom. The summed E-state index contributed by atoms with van der Waals surface area (Å²) in [5.41, 5.74) is -0.284. The van der Waals surface area contributed by atoms with Crippen LogP contribution in [0, 0.1) is 17.1 Å². The number of hydrogen-bond donors (Lipinski definition) is 2. The third kappa shape index (κ3) is 6.57. The summed E-state index contributed by atoms with van der Waals surface area (Å²) in [7, 11) is -4.42. The molecule has 3 rings (SSSR count). The molecule has 0 aliphatic rings. The second-order valence-electron chi connectivity index (χ2n) is 7.59. The van der Waals surface area contributed by atoms with E-state index in [0.29, 0.717) is 0 Å². The number of benzene rings is 3. The van der Waals surface area contributed by atoms with E-state index in [1.165, 1.54) is 49.4 Å². The molecule has 0 atom stereocenters. The maximum Gasteiger partial charge on any atom is 0.240 e. The van der Waals surface area contributed by atoms with Gasteiger partial charge in [0.2, 0.25) is 15.9 Å². The van der Waals surface area contributed by atoms with Gasteiger partial charge in [-0.1, -0.05) is 47.8 Å². The maximum absolute atomic E-state index is 15.2. The number of ether oxygens (including phenoxy) is 1. The number of anilines is 1. The summed E-state index contributed by atoms with van der Waals surface area (Å²) in [4.78, 5) is 24.2. The van der Waals surface area contributed by atoms with E-state index in [2.05, 4.69) is 5.32 Å². The number of sulfonamides is 1. The molecular formula is C24H17Cl3FN3O5S. The molecule has 0 unspecified atom stereocenters. The van der Waals surface area contributed by atoms with Crippen LogP contribution in [-0.4, -0.2) is 20.1 Å². The van der Waals surface area contributed by atoms with Gasteiger partial charge in [0.15, 0.2) is 17.3 Å². The number of carbonyl (C=O) groups excluding carboxylic acids is 2. The number of carbonyl (C=O) groups is 2. The van der Waals surface area contributed by atoms with Gasteiger partial charge in [0.1, 0.15) is 10.6 Å². The van der Waals surface area contributed by atoms with Gasteiger partial charge in [0, 0.05) is 22.6 Å². The number of nitrogens with two attached hydrogens (primary N) is 1. The van der Waals surface area contributed by atoms with Gasteiger partial charge in [-0.3, -0.25) is 9.59 Å². The molecule has 192 valence electrons. The summed E-state index contributed by atoms with van der Waals surface area (Å²) in [6, 6.07) is 11.0. The number of nitrogens with one attached hydrogen (secondary N) is 1. The van der Waals surface area contributed by atoms with Gasteiger partial charge in [-0.05, 0) is 36.4 Å². The fourth-order valence-corrected chi connectivity index (χ4v) is 5.11. The monoisotopic (exact) mass is 583 g/mol. The molecule has 1 amide bonds. The van der Waals surface area contributed by atoms with Gasteiger partial charge in [0.05, 0.1) is 33.8 Å².